The quantitative estimate of drug-likeness (QED) is 0.182. The number of imidazole rings is 1. The van der Waals surface area contributed by atoms with Crippen LogP contribution in [0.3, 0.4) is 0 Å². The fourth-order valence-corrected chi connectivity index (χ4v) is 8.32. The first-order valence-electron chi connectivity index (χ1n) is 18.1. The third-order valence-electron chi connectivity index (χ3n) is 10.6. The molecule has 1 aliphatic rings. The molecule has 0 bridgehead atoms. The van der Waals surface area contributed by atoms with Crippen molar-refractivity contribution in [3.63, 3.8) is 0 Å². The molecule has 0 spiro atoms. The molecular weight excluding hydrogens is 649 g/mol. The summed E-state index contributed by atoms with van der Waals surface area (Å²) in [6, 6.07) is 53.4. The maximum Gasteiger partial charge on any atom is 0.222 e. The van der Waals surface area contributed by atoms with Crippen molar-refractivity contribution >= 4 is 54.8 Å². The van der Waals surface area contributed by atoms with E-state index in [-0.39, 0.29) is 6.04 Å². The van der Waals surface area contributed by atoms with Gasteiger partial charge in [-0.15, -0.1) is 0 Å². The van der Waals surface area contributed by atoms with Crippen LogP contribution in [-0.4, -0.2) is 28.7 Å². The summed E-state index contributed by atoms with van der Waals surface area (Å²) < 4.78 is 7.13. The molecule has 250 valence electrons. The standard InChI is InChI=1S/C47H32N6/c1-5-17-31(18-6-1)42-44-46(49-45(48-42)32-19-7-2-8-20-32)50-47(52(44)34-23-11-4-12-24-34)53-38-27-15-13-25-35(38)36-29-30-40-41(43(36)53)37-26-14-16-28-39(37)51(40)33-21-9-3-10-22-33/h1-21,23-30,33H,22H2. The van der Waals surface area contributed by atoms with Crippen LogP contribution in [0.2, 0.25) is 0 Å². The third kappa shape index (κ3) is 4.49. The summed E-state index contributed by atoms with van der Waals surface area (Å²) >= 11 is 0. The minimum Gasteiger partial charge on any atom is -0.333 e. The van der Waals surface area contributed by atoms with Gasteiger partial charge in [-0.05, 0) is 36.8 Å². The molecule has 0 saturated heterocycles. The molecular formula is C47H32N6. The molecule has 0 aliphatic heterocycles. The SMILES string of the molecule is C1=CCC(n2c3ccccc3c3c4c(ccc32)c2ccccc2n4-c2nc3nc(-c4ccccc4)nc(-c4ccccc4)c3n2-c2ccccc2)C=C1. The van der Waals surface area contributed by atoms with E-state index >= 15 is 0 Å². The molecule has 0 radical (unpaired) electrons. The van der Waals surface area contributed by atoms with Crippen molar-refractivity contribution in [1.29, 1.82) is 0 Å². The Kier molecular flexibility index (Phi) is 6.58. The highest BCUT2D eigenvalue weighted by atomic mass is 15.3. The maximum atomic E-state index is 5.54. The molecule has 6 nitrogen and oxygen atoms in total. The minimum atomic E-state index is 0.215. The summed E-state index contributed by atoms with van der Waals surface area (Å²) in [5.74, 6) is 1.41. The Labute approximate surface area is 305 Å². The van der Waals surface area contributed by atoms with Crippen LogP contribution in [0, 0.1) is 0 Å². The molecule has 10 aromatic rings. The van der Waals surface area contributed by atoms with Crippen LogP contribution in [-0.2, 0) is 0 Å². The van der Waals surface area contributed by atoms with Crippen LogP contribution in [0.15, 0.2) is 176 Å². The number of allylic oxidation sites excluding steroid dienone is 4. The van der Waals surface area contributed by atoms with Gasteiger partial charge >= 0.3 is 0 Å². The molecule has 53 heavy (non-hydrogen) atoms. The first-order chi connectivity index (χ1) is 26.3. The number of para-hydroxylation sites is 3. The lowest BCUT2D eigenvalue weighted by molar-refractivity contribution is 0.648. The van der Waals surface area contributed by atoms with Gasteiger partial charge in [-0.2, -0.15) is 4.98 Å². The lowest BCUT2D eigenvalue weighted by Gasteiger charge is -2.18. The largest absolute Gasteiger partial charge is 0.333 e. The Morgan fingerprint density at radius 1 is 0.491 bits per heavy atom. The fraction of sp³-hybridized carbons (Fsp3) is 0.0426. The van der Waals surface area contributed by atoms with Crippen molar-refractivity contribution in [3.05, 3.63) is 176 Å². The van der Waals surface area contributed by atoms with E-state index in [1.807, 2.05) is 24.3 Å². The highest BCUT2D eigenvalue weighted by Crippen LogP contribution is 2.44. The molecule has 11 rings (SSSR count). The molecule has 4 heterocycles. The van der Waals surface area contributed by atoms with Gasteiger partial charge in [0, 0.05) is 43.9 Å². The predicted octanol–water partition coefficient (Wildman–Crippen LogP) is 11.4. The molecule has 0 amide bonds. The van der Waals surface area contributed by atoms with Crippen molar-refractivity contribution < 1.29 is 0 Å². The van der Waals surface area contributed by atoms with Gasteiger partial charge in [-0.3, -0.25) is 9.13 Å². The lowest BCUT2D eigenvalue weighted by atomic mass is 10.1. The normalized spacial score (nSPS) is 14.4. The van der Waals surface area contributed by atoms with E-state index in [0.717, 1.165) is 51.4 Å². The Bertz CT molecular complexity index is 3070. The number of rotatable bonds is 5. The zero-order valence-electron chi connectivity index (χ0n) is 28.7. The van der Waals surface area contributed by atoms with Crippen molar-refractivity contribution in [2.75, 3.05) is 0 Å². The lowest BCUT2D eigenvalue weighted by Crippen LogP contribution is -2.07. The predicted molar refractivity (Wildman–Crippen MR) is 217 cm³/mol. The monoisotopic (exact) mass is 680 g/mol. The zero-order valence-corrected chi connectivity index (χ0v) is 28.7. The summed E-state index contributed by atoms with van der Waals surface area (Å²) in [5.41, 5.74) is 9.88. The van der Waals surface area contributed by atoms with Crippen molar-refractivity contribution in [3.8, 4) is 34.3 Å². The van der Waals surface area contributed by atoms with Gasteiger partial charge in [0.25, 0.3) is 0 Å². The summed E-state index contributed by atoms with van der Waals surface area (Å²) in [4.78, 5) is 16.0. The zero-order chi connectivity index (χ0) is 34.9. The number of hydrogen-bond donors (Lipinski definition) is 0. The molecule has 1 aliphatic carbocycles. The van der Waals surface area contributed by atoms with E-state index in [4.69, 9.17) is 15.0 Å². The topological polar surface area (TPSA) is 53.5 Å². The van der Waals surface area contributed by atoms with Gasteiger partial charge in [0.2, 0.25) is 5.95 Å². The number of fused-ring (bicyclic) bond motifs is 8. The Balaban J connectivity index is 1.33. The number of aromatic nitrogens is 6. The minimum absolute atomic E-state index is 0.215. The molecule has 0 saturated carbocycles. The van der Waals surface area contributed by atoms with Gasteiger partial charge in [-0.1, -0.05) is 146 Å². The first kappa shape index (κ1) is 29.7. The second-order valence-electron chi connectivity index (χ2n) is 13.6. The molecule has 1 unspecified atom stereocenters. The van der Waals surface area contributed by atoms with Crippen LogP contribution in [0.4, 0.5) is 0 Å². The summed E-state index contributed by atoms with van der Waals surface area (Å²) in [5, 5.41) is 4.79. The maximum absolute atomic E-state index is 5.54. The molecule has 0 N–H and O–H groups in total. The first-order valence-corrected chi connectivity index (χ1v) is 18.1. The van der Waals surface area contributed by atoms with Crippen LogP contribution >= 0.6 is 0 Å². The second kappa shape index (κ2) is 11.8. The average molecular weight is 681 g/mol. The van der Waals surface area contributed by atoms with Crippen LogP contribution in [0.25, 0.3) is 89.1 Å². The Hall–Kier alpha value is -7.05. The summed E-state index contributed by atoms with van der Waals surface area (Å²) in [6.07, 6.45) is 9.83. The van der Waals surface area contributed by atoms with Crippen LogP contribution in [0.1, 0.15) is 12.5 Å². The van der Waals surface area contributed by atoms with E-state index in [2.05, 4.69) is 165 Å². The second-order valence-corrected chi connectivity index (χ2v) is 13.6. The fourth-order valence-electron chi connectivity index (χ4n) is 8.32. The molecule has 0 fully saturated rings. The van der Waals surface area contributed by atoms with E-state index in [1.165, 1.54) is 32.6 Å². The third-order valence-corrected chi connectivity index (χ3v) is 10.6. The number of nitrogens with zero attached hydrogens (tertiary/aromatic N) is 6. The smallest absolute Gasteiger partial charge is 0.222 e. The summed E-state index contributed by atoms with van der Waals surface area (Å²) in [7, 11) is 0. The Morgan fingerprint density at radius 2 is 1.17 bits per heavy atom. The molecule has 1 atom stereocenters. The average Bonchev–Trinajstić information content (AvgIpc) is 3.89. The van der Waals surface area contributed by atoms with Gasteiger partial charge in [0.1, 0.15) is 11.2 Å². The van der Waals surface area contributed by atoms with Gasteiger partial charge in [0.05, 0.1) is 22.6 Å². The van der Waals surface area contributed by atoms with E-state index in [0.29, 0.717) is 11.5 Å². The van der Waals surface area contributed by atoms with Crippen molar-refractivity contribution in [1.82, 2.24) is 28.7 Å². The molecule has 6 aromatic carbocycles. The molecule has 6 heteroatoms. The van der Waals surface area contributed by atoms with E-state index in [1.54, 1.807) is 0 Å². The van der Waals surface area contributed by atoms with Gasteiger partial charge in [0.15, 0.2) is 11.5 Å². The van der Waals surface area contributed by atoms with Gasteiger partial charge < -0.3 is 4.57 Å². The number of benzene rings is 6. The van der Waals surface area contributed by atoms with Crippen LogP contribution < -0.4 is 0 Å². The summed E-state index contributed by atoms with van der Waals surface area (Å²) in [6.45, 7) is 0. The highest BCUT2D eigenvalue weighted by molar-refractivity contribution is 6.25. The highest BCUT2D eigenvalue weighted by Gasteiger charge is 2.27. The van der Waals surface area contributed by atoms with Gasteiger partial charge in [-0.25, -0.2) is 9.97 Å². The number of hydrogen-bond acceptors (Lipinski definition) is 3. The van der Waals surface area contributed by atoms with E-state index in [9.17, 15) is 0 Å². The van der Waals surface area contributed by atoms with Crippen molar-refractivity contribution in [2.45, 2.75) is 12.5 Å². The van der Waals surface area contributed by atoms with Crippen LogP contribution in [0.5, 0.6) is 0 Å². The Morgan fingerprint density at radius 3 is 1.92 bits per heavy atom. The van der Waals surface area contributed by atoms with E-state index < -0.39 is 0 Å². The van der Waals surface area contributed by atoms with Crippen molar-refractivity contribution in [2.24, 2.45) is 0 Å². The molecule has 4 aromatic heterocycles.